The predicted molar refractivity (Wildman–Crippen MR) is 85.1 cm³/mol. The van der Waals surface area contributed by atoms with Crippen molar-refractivity contribution < 1.29 is 19.1 Å². The number of amides is 1. The van der Waals surface area contributed by atoms with Crippen LogP contribution in [0.2, 0.25) is 0 Å². The van der Waals surface area contributed by atoms with Crippen LogP contribution in [0.25, 0.3) is 0 Å². The SMILES string of the molecule is COC(=O)CC1/C=C/C=C\C=C(/C)N(C(=O)OC(C)(C)C)C1. The molecule has 0 saturated carbocycles. The molecule has 1 atom stereocenters. The molecule has 1 unspecified atom stereocenters. The molecule has 0 radical (unpaired) electrons. The molecule has 22 heavy (non-hydrogen) atoms. The van der Waals surface area contributed by atoms with Crippen LogP contribution in [0.4, 0.5) is 4.79 Å². The minimum Gasteiger partial charge on any atom is -0.469 e. The van der Waals surface area contributed by atoms with Crippen LogP contribution >= 0.6 is 0 Å². The molecule has 0 aliphatic carbocycles. The van der Waals surface area contributed by atoms with Crippen molar-refractivity contribution in [3.8, 4) is 0 Å². The first-order valence-electron chi connectivity index (χ1n) is 7.32. The maximum Gasteiger partial charge on any atom is 0.414 e. The fourth-order valence-corrected chi connectivity index (χ4v) is 1.98. The van der Waals surface area contributed by atoms with E-state index in [0.29, 0.717) is 6.54 Å². The lowest BCUT2D eigenvalue weighted by Crippen LogP contribution is -2.38. The maximum atomic E-state index is 12.4. The Balaban J connectivity index is 2.97. The Morgan fingerprint density at radius 3 is 2.55 bits per heavy atom. The van der Waals surface area contributed by atoms with Gasteiger partial charge in [0.2, 0.25) is 0 Å². The zero-order chi connectivity index (χ0) is 16.8. The smallest absolute Gasteiger partial charge is 0.414 e. The van der Waals surface area contributed by atoms with Crippen LogP contribution in [0, 0.1) is 5.92 Å². The number of hydrogen-bond acceptors (Lipinski definition) is 4. The summed E-state index contributed by atoms with van der Waals surface area (Å²) in [4.78, 5) is 25.5. The number of hydrogen-bond donors (Lipinski definition) is 0. The van der Waals surface area contributed by atoms with Crippen LogP contribution in [0.1, 0.15) is 34.1 Å². The second kappa shape index (κ2) is 7.82. The van der Waals surface area contributed by atoms with Gasteiger partial charge in [0.05, 0.1) is 13.5 Å². The molecule has 122 valence electrons. The van der Waals surface area contributed by atoms with E-state index in [1.165, 1.54) is 7.11 Å². The summed E-state index contributed by atoms with van der Waals surface area (Å²) in [6, 6.07) is 0. The molecule has 5 heteroatoms. The maximum absolute atomic E-state index is 12.4. The summed E-state index contributed by atoms with van der Waals surface area (Å²) >= 11 is 0. The number of carbonyl (C=O) groups is 2. The van der Waals surface area contributed by atoms with Crippen molar-refractivity contribution in [3.63, 3.8) is 0 Å². The summed E-state index contributed by atoms with van der Waals surface area (Å²) in [7, 11) is 1.36. The van der Waals surface area contributed by atoms with Gasteiger partial charge in [0.15, 0.2) is 0 Å². The topological polar surface area (TPSA) is 55.8 Å². The van der Waals surface area contributed by atoms with Gasteiger partial charge in [-0.25, -0.2) is 4.79 Å². The summed E-state index contributed by atoms with van der Waals surface area (Å²) in [6.07, 6.45) is 9.13. The van der Waals surface area contributed by atoms with Crippen molar-refractivity contribution in [1.82, 2.24) is 4.90 Å². The van der Waals surface area contributed by atoms with Gasteiger partial charge in [-0.2, -0.15) is 0 Å². The number of nitrogens with zero attached hydrogens (tertiary/aromatic N) is 1. The first-order valence-corrected chi connectivity index (χ1v) is 7.32. The van der Waals surface area contributed by atoms with Gasteiger partial charge in [-0.05, 0) is 33.8 Å². The third kappa shape index (κ3) is 6.16. The van der Waals surface area contributed by atoms with Crippen LogP contribution in [0.5, 0.6) is 0 Å². The van der Waals surface area contributed by atoms with Gasteiger partial charge in [0.25, 0.3) is 0 Å². The zero-order valence-corrected chi connectivity index (χ0v) is 14.0. The van der Waals surface area contributed by atoms with Gasteiger partial charge < -0.3 is 9.47 Å². The van der Waals surface area contributed by atoms with E-state index in [4.69, 9.17) is 9.47 Å². The Morgan fingerprint density at radius 2 is 1.95 bits per heavy atom. The fraction of sp³-hybridized carbons (Fsp3) is 0.529. The minimum atomic E-state index is -0.570. The molecule has 1 heterocycles. The van der Waals surface area contributed by atoms with Gasteiger partial charge in [-0.1, -0.05) is 24.3 Å². The molecule has 0 aromatic carbocycles. The zero-order valence-electron chi connectivity index (χ0n) is 14.0. The van der Waals surface area contributed by atoms with Crippen LogP contribution in [-0.4, -0.2) is 36.2 Å². The molecule has 1 aliphatic rings. The van der Waals surface area contributed by atoms with Gasteiger partial charge in [-0.15, -0.1) is 0 Å². The average Bonchev–Trinajstić information content (AvgIpc) is 2.48. The second-order valence-electron chi connectivity index (χ2n) is 6.21. The van der Waals surface area contributed by atoms with Crippen LogP contribution in [0.3, 0.4) is 0 Å². The highest BCUT2D eigenvalue weighted by molar-refractivity contribution is 5.72. The number of allylic oxidation sites excluding steroid dienone is 5. The lowest BCUT2D eigenvalue weighted by Gasteiger charge is -2.29. The normalized spacial score (nSPS) is 24.1. The standard InChI is InChI=1S/C17H25NO4/c1-13-9-7-6-8-10-14(11-15(19)21-5)12-18(13)16(20)22-17(2,3)4/h6-10,14H,11-12H2,1-5H3/b7-6-,10-8+,13-9+. The van der Waals surface area contributed by atoms with Crippen LogP contribution in [-0.2, 0) is 14.3 Å². The van der Waals surface area contributed by atoms with Crippen molar-refractivity contribution in [1.29, 1.82) is 0 Å². The Morgan fingerprint density at radius 1 is 1.27 bits per heavy atom. The third-order valence-corrected chi connectivity index (χ3v) is 3.06. The van der Waals surface area contributed by atoms with Crippen molar-refractivity contribution in [2.75, 3.05) is 13.7 Å². The Labute approximate surface area is 132 Å². The molecule has 5 nitrogen and oxygen atoms in total. The molecule has 0 saturated heterocycles. The third-order valence-electron chi connectivity index (χ3n) is 3.06. The van der Waals surface area contributed by atoms with E-state index in [1.54, 1.807) is 4.90 Å². The van der Waals surface area contributed by atoms with Crippen molar-refractivity contribution in [2.24, 2.45) is 5.92 Å². The minimum absolute atomic E-state index is 0.133. The number of ether oxygens (including phenoxy) is 2. The molecule has 1 amide bonds. The van der Waals surface area contributed by atoms with Gasteiger partial charge in [0, 0.05) is 18.2 Å². The van der Waals surface area contributed by atoms with Crippen molar-refractivity contribution in [2.45, 2.75) is 39.7 Å². The molecular formula is C17H25NO4. The molecular weight excluding hydrogens is 282 g/mol. The first kappa shape index (κ1) is 18.0. The highest BCUT2D eigenvalue weighted by Crippen LogP contribution is 2.19. The number of esters is 1. The molecule has 0 fully saturated rings. The molecule has 0 aromatic heterocycles. The van der Waals surface area contributed by atoms with Crippen LogP contribution in [0.15, 0.2) is 36.1 Å². The molecule has 1 aliphatic heterocycles. The van der Waals surface area contributed by atoms with Gasteiger partial charge >= 0.3 is 12.1 Å². The lowest BCUT2D eigenvalue weighted by molar-refractivity contribution is -0.141. The average molecular weight is 307 g/mol. The van der Waals surface area contributed by atoms with Gasteiger partial charge in [0.1, 0.15) is 5.60 Å². The van der Waals surface area contributed by atoms with E-state index in [1.807, 2.05) is 58.1 Å². The van der Waals surface area contributed by atoms with E-state index in [0.717, 1.165) is 5.70 Å². The van der Waals surface area contributed by atoms with E-state index >= 15 is 0 Å². The summed E-state index contributed by atoms with van der Waals surface area (Å²) < 4.78 is 10.2. The van der Waals surface area contributed by atoms with Crippen molar-refractivity contribution >= 4 is 12.1 Å². The number of carbonyl (C=O) groups excluding carboxylic acids is 2. The Bertz CT molecular complexity index is 497. The highest BCUT2D eigenvalue weighted by Gasteiger charge is 2.26. The molecule has 0 spiro atoms. The molecule has 0 aromatic rings. The Kier molecular flexibility index (Phi) is 6.40. The predicted octanol–water partition coefficient (Wildman–Crippen LogP) is 3.43. The molecule has 0 bridgehead atoms. The molecule has 0 N–H and O–H groups in total. The largest absolute Gasteiger partial charge is 0.469 e. The fourth-order valence-electron chi connectivity index (χ4n) is 1.98. The number of methoxy groups -OCH3 is 1. The summed E-state index contributed by atoms with van der Waals surface area (Å²) in [5, 5.41) is 0. The summed E-state index contributed by atoms with van der Waals surface area (Å²) in [5.41, 5.74) is 0.198. The Hall–Kier alpha value is -2.04. The summed E-state index contributed by atoms with van der Waals surface area (Å²) in [5.74, 6) is -0.435. The monoisotopic (exact) mass is 307 g/mol. The van der Waals surface area contributed by atoms with E-state index in [2.05, 4.69) is 0 Å². The van der Waals surface area contributed by atoms with Gasteiger partial charge in [-0.3, -0.25) is 9.69 Å². The van der Waals surface area contributed by atoms with E-state index < -0.39 is 11.7 Å². The first-order chi connectivity index (χ1) is 10.2. The number of rotatable bonds is 2. The lowest BCUT2D eigenvalue weighted by atomic mass is 10.0. The molecule has 1 rings (SSSR count). The summed E-state index contributed by atoms with van der Waals surface area (Å²) in [6.45, 7) is 7.68. The van der Waals surface area contributed by atoms with Crippen LogP contribution < -0.4 is 0 Å². The van der Waals surface area contributed by atoms with E-state index in [9.17, 15) is 9.59 Å². The van der Waals surface area contributed by atoms with Crippen molar-refractivity contribution in [3.05, 3.63) is 36.1 Å². The second-order valence-corrected chi connectivity index (χ2v) is 6.21. The van der Waals surface area contributed by atoms with E-state index in [-0.39, 0.29) is 18.3 Å². The highest BCUT2D eigenvalue weighted by atomic mass is 16.6. The quantitative estimate of drug-likeness (QED) is 0.733.